The molecule has 462 valence electrons. The first-order valence-electron chi connectivity index (χ1n) is 29.2. The van der Waals surface area contributed by atoms with Crippen LogP contribution in [0.2, 0.25) is 0 Å². The molecule has 7 heterocycles. The van der Waals surface area contributed by atoms with Gasteiger partial charge in [0.2, 0.25) is 11.8 Å². The first-order chi connectivity index (χ1) is 40.6. The molecule has 5 amide bonds. The van der Waals surface area contributed by atoms with E-state index in [-0.39, 0.29) is 90.3 Å². The van der Waals surface area contributed by atoms with Gasteiger partial charge in [0, 0.05) is 79.5 Å². The van der Waals surface area contributed by atoms with Crippen molar-refractivity contribution in [2.45, 2.75) is 118 Å². The van der Waals surface area contributed by atoms with E-state index in [1.165, 1.54) is 24.8 Å². The number of imide groups is 1. The molecule has 0 spiro atoms. The van der Waals surface area contributed by atoms with Crippen LogP contribution in [-0.4, -0.2) is 200 Å². The highest BCUT2D eigenvalue weighted by atomic mass is 16.6. The summed E-state index contributed by atoms with van der Waals surface area (Å²) in [7, 11) is 0. The summed E-state index contributed by atoms with van der Waals surface area (Å²) in [5.74, 6) is -3.81. The van der Waals surface area contributed by atoms with E-state index in [9.17, 15) is 28.8 Å². The van der Waals surface area contributed by atoms with Gasteiger partial charge in [-0.25, -0.2) is 19.6 Å². The fourth-order valence-corrected chi connectivity index (χ4v) is 10.5. The van der Waals surface area contributed by atoms with Crippen molar-refractivity contribution in [2.24, 2.45) is 0 Å². The second-order valence-electron chi connectivity index (χ2n) is 22.3. The molecule has 7 rings (SSSR count). The van der Waals surface area contributed by atoms with E-state index in [0.717, 1.165) is 16.7 Å². The molecule has 24 heteroatoms. The van der Waals surface area contributed by atoms with Gasteiger partial charge in [-0.1, -0.05) is 13.8 Å². The van der Waals surface area contributed by atoms with E-state index < -0.39 is 65.3 Å². The van der Waals surface area contributed by atoms with E-state index in [1.807, 2.05) is 52.8 Å². The summed E-state index contributed by atoms with van der Waals surface area (Å²) in [5, 5.41) is 16.6. The number of esters is 2. The summed E-state index contributed by atoms with van der Waals surface area (Å²) >= 11 is 0. The average molecular weight is 1180 g/mol. The minimum atomic E-state index is -0.956. The predicted molar refractivity (Wildman–Crippen MR) is 315 cm³/mol. The van der Waals surface area contributed by atoms with Gasteiger partial charge in [-0.05, 0) is 115 Å². The van der Waals surface area contributed by atoms with Gasteiger partial charge in [-0.15, -0.1) is 0 Å². The molecule has 5 aliphatic heterocycles. The molecule has 0 unspecified atom stereocenters. The first-order valence-corrected chi connectivity index (χ1v) is 29.2. The first kappa shape index (κ1) is 65.2. The number of aryl methyl sites for hydroxylation is 1. The summed E-state index contributed by atoms with van der Waals surface area (Å²) < 4.78 is 38.2. The third kappa shape index (κ3) is 17.0. The minimum absolute atomic E-state index is 0.0160. The molecule has 0 saturated carbocycles. The molecule has 6 N–H and O–H groups in total. The van der Waals surface area contributed by atoms with Crippen molar-refractivity contribution in [1.29, 1.82) is 0 Å². The van der Waals surface area contributed by atoms with Crippen molar-refractivity contribution in [3.05, 3.63) is 81.2 Å². The third-order valence-electron chi connectivity index (χ3n) is 15.1. The number of aliphatic hydroxyl groups excluding tert-OH is 1. The lowest BCUT2D eigenvalue weighted by Crippen LogP contribution is -2.52. The summed E-state index contributed by atoms with van der Waals surface area (Å²) in [6, 6.07) is 3.87. The minimum Gasteiger partial charge on any atom is -0.463 e. The van der Waals surface area contributed by atoms with Gasteiger partial charge >= 0.3 is 18.0 Å². The molecule has 8 bridgehead atoms. The number of H-pyrrole nitrogens is 2. The van der Waals surface area contributed by atoms with Gasteiger partial charge in [0.05, 0.1) is 98.9 Å². The van der Waals surface area contributed by atoms with E-state index >= 15 is 4.79 Å². The molecule has 24 nitrogen and oxygen atoms in total. The van der Waals surface area contributed by atoms with Crippen LogP contribution in [-0.2, 0) is 52.3 Å². The molecular formula is C61H83N9O15. The number of alkyl carbamates (subject to hydrolysis) is 1. The number of ether oxygens (including phenoxy) is 7. The van der Waals surface area contributed by atoms with Gasteiger partial charge in [-0.3, -0.25) is 33.8 Å². The molecule has 0 aliphatic carbocycles. The van der Waals surface area contributed by atoms with Gasteiger partial charge in [0.1, 0.15) is 30.9 Å². The number of fused-ring (bicyclic) bond motifs is 8. The fourth-order valence-electron chi connectivity index (χ4n) is 10.5. The maximum atomic E-state index is 15.3. The summed E-state index contributed by atoms with van der Waals surface area (Å²) in [6.45, 7) is 22.0. The number of carbonyl (C=O) groups excluding carboxylic acids is 7. The quantitative estimate of drug-likeness (QED) is 0.0214. The maximum absolute atomic E-state index is 15.3. The number of aromatic amines is 2. The summed E-state index contributed by atoms with van der Waals surface area (Å²) in [5.41, 5.74) is 8.65. The highest BCUT2D eigenvalue weighted by Crippen LogP contribution is 2.45. The summed E-state index contributed by atoms with van der Waals surface area (Å²) in [6.07, 6.45) is 3.11. The number of carbonyl (C=O) groups is 7. The monoisotopic (exact) mass is 1180 g/mol. The lowest BCUT2D eigenvalue weighted by atomic mass is 9.84. The molecule has 2 aromatic rings. The van der Waals surface area contributed by atoms with Crippen LogP contribution in [0, 0.1) is 6.92 Å². The zero-order chi connectivity index (χ0) is 61.5. The molecule has 4 atom stereocenters. The van der Waals surface area contributed by atoms with E-state index in [1.54, 1.807) is 26.8 Å². The van der Waals surface area contributed by atoms with Crippen LogP contribution in [0.1, 0.15) is 154 Å². The number of rotatable bonds is 27. The van der Waals surface area contributed by atoms with Crippen LogP contribution < -0.4 is 16.0 Å². The molecule has 5 aliphatic rings. The molecule has 0 radical (unpaired) electrons. The van der Waals surface area contributed by atoms with E-state index in [0.29, 0.717) is 108 Å². The van der Waals surface area contributed by atoms with Crippen molar-refractivity contribution in [1.82, 2.24) is 45.7 Å². The zero-order valence-corrected chi connectivity index (χ0v) is 50.6. The van der Waals surface area contributed by atoms with Crippen molar-refractivity contribution >= 4 is 75.0 Å². The number of aromatic nitrogens is 4. The Morgan fingerprint density at radius 1 is 0.788 bits per heavy atom. The second-order valence-corrected chi connectivity index (χ2v) is 22.3. The lowest BCUT2D eigenvalue weighted by molar-refractivity contribution is -0.145. The van der Waals surface area contributed by atoms with Gasteiger partial charge in [-0.2, -0.15) is 0 Å². The Hall–Kier alpha value is -7.35. The van der Waals surface area contributed by atoms with Crippen molar-refractivity contribution < 1.29 is 71.8 Å². The summed E-state index contributed by atoms with van der Waals surface area (Å²) in [4.78, 5) is 115. The molecule has 85 heavy (non-hydrogen) atoms. The Morgan fingerprint density at radius 3 is 2.14 bits per heavy atom. The van der Waals surface area contributed by atoms with Gasteiger partial charge in [0.25, 0.3) is 11.8 Å². The van der Waals surface area contributed by atoms with Gasteiger partial charge < -0.3 is 64.2 Å². The number of aliphatic hydroxyl groups is 1. The highest BCUT2D eigenvalue weighted by Gasteiger charge is 2.41. The van der Waals surface area contributed by atoms with Crippen molar-refractivity contribution in [2.75, 3.05) is 105 Å². The van der Waals surface area contributed by atoms with Crippen LogP contribution in [0.5, 0.6) is 0 Å². The molecule has 0 aromatic carbocycles. The number of allylic oxidation sites excluding steroid dienone is 5. The number of hydrogen-bond acceptors (Lipinski definition) is 18. The molecule has 2 aromatic heterocycles. The van der Waals surface area contributed by atoms with Crippen LogP contribution >= 0.6 is 0 Å². The van der Waals surface area contributed by atoms with E-state index in [4.69, 9.17) is 48.2 Å². The molecular weight excluding hydrogens is 1100 g/mol. The van der Waals surface area contributed by atoms with Crippen LogP contribution in [0.3, 0.4) is 0 Å². The molecule has 1 fully saturated rings. The number of hydrogen-bond donors (Lipinski definition) is 6. The number of nitrogens with zero attached hydrogens (tertiary/aromatic N) is 4. The highest BCUT2D eigenvalue weighted by molar-refractivity contribution is 6.23. The average Bonchev–Trinajstić information content (AvgIpc) is 3.01. The van der Waals surface area contributed by atoms with E-state index in [2.05, 4.69) is 30.8 Å². The largest absolute Gasteiger partial charge is 0.463 e. The predicted octanol–water partition coefficient (Wildman–Crippen LogP) is 5.43. The lowest BCUT2D eigenvalue weighted by Gasteiger charge is -2.31. The Balaban J connectivity index is 1.13. The Labute approximate surface area is 495 Å². The van der Waals surface area contributed by atoms with Crippen molar-refractivity contribution in [3.63, 3.8) is 0 Å². The molecule has 1 saturated heterocycles. The third-order valence-corrected chi connectivity index (χ3v) is 15.1. The van der Waals surface area contributed by atoms with Crippen LogP contribution in [0.4, 0.5) is 4.79 Å². The fraction of sp³-hybridized carbons (Fsp3) is 0.557. The van der Waals surface area contributed by atoms with Crippen molar-refractivity contribution in [3.8, 4) is 0 Å². The Morgan fingerprint density at radius 2 is 1.44 bits per heavy atom. The SMILES string of the molecule is CCC1=C(C)c2cc3nc(cc4[nH]c(c5c6[nH]c(cc1n2)c(C)c6C(=O)N(CCN1CCOCC1)C5=O)[C@@H](CCC(=O)OCCOCCNC(=O)[C@H](C)NC(=O)[C@H](C)NC(=O)OC(C)(C)C)[C@@H]4C)C(C)=C3/C=C/C(=O)OCCOCCOCCO. The standard InChI is InChI=1S/C61H83N9O15/c1-11-41-35(2)45-33-49-42(12-14-50(72)84-31-29-82-27-26-81-25-21-71)36(3)44(66-49)32-46-37(4)43(13-15-51(73)83-30-28-79-22-16-62-56(74)39(6)63-57(75)40(7)64-60(78)85-61(8,9)10)54(67-46)53-55-52(38(5)47(68-55)34-48(41)65-45)58(76)70(59(53)77)18-17-69-19-23-80-24-20-69/h12,14,32-34,37,39-40,43,67-68,71H,11,13,15-31H2,1-10H3,(H,62,74)(H,63,75)(H,64,78)/b14-12+,46-32?,48-34?,49-33?,54-53?/t37-,39-,40-,43-/m0/s1. The van der Waals surface area contributed by atoms with Crippen LogP contribution in [0.25, 0.3) is 33.3 Å². The van der Waals surface area contributed by atoms with Gasteiger partial charge in [0.15, 0.2) is 0 Å². The normalized spacial score (nSPS) is 17.5. The second kappa shape index (κ2) is 30.1. The number of nitrogens with one attached hydrogen (secondary N) is 5. The number of morpholine rings is 1. The topological polar surface area (TPSA) is 304 Å². The maximum Gasteiger partial charge on any atom is 0.408 e. The number of amides is 5. The Bertz CT molecular complexity index is 3130. The smallest absolute Gasteiger partial charge is 0.408 e. The Kier molecular flexibility index (Phi) is 23.1. The zero-order valence-electron chi connectivity index (χ0n) is 50.6. The van der Waals surface area contributed by atoms with Crippen LogP contribution in [0.15, 0.2) is 30.4 Å².